The van der Waals surface area contributed by atoms with E-state index >= 15 is 0 Å². The zero-order valence-corrected chi connectivity index (χ0v) is 19.7. The minimum atomic E-state index is -3.68. The van der Waals surface area contributed by atoms with Crippen molar-refractivity contribution in [2.45, 2.75) is 57.4 Å². The van der Waals surface area contributed by atoms with Crippen LogP contribution in [-0.2, 0) is 10.0 Å². The lowest BCUT2D eigenvalue weighted by atomic mass is 10.1. The third-order valence-corrected chi connectivity index (χ3v) is 7.73. The predicted octanol–water partition coefficient (Wildman–Crippen LogP) is 3.95. The average molecular weight is 458 g/mol. The minimum Gasteiger partial charge on any atom is -0.352 e. The molecule has 2 aromatic rings. The van der Waals surface area contributed by atoms with Crippen LogP contribution in [0.4, 0.5) is 5.69 Å². The van der Waals surface area contributed by atoms with Gasteiger partial charge in [-0.1, -0.05) is 25.5 Å². The molecular formula is C24H31N3O4S. The molecule has 1 aliphatic heterocycles. The lowest BCUT2D eigenvalue weighted by molar-refractivity contribution is 0.0952. The highest BCUT2D eigenvalue weighted by Crippen LogP contribution is 2.27. The average Bonchev–Trinajstić information content (AvgIpc) is 2.77. The quantitative estimate of drug-likeness (QED) is 0.658. The van der Waals surface area contributed by atoms with Crippen molar-refractivity contribution in [1.29, 1.82) is 0 Å². The second-order valence-corrected chi connectivity index (χ2v) is 10.1. The number of nitrogens with one attached hydrogen (secondary N) is 2. The Morgan fingerprint density at radius 1 is 1.09 bits per heavy atom. The molecule has 2 amide bonds. The maximum atomic E-state index is 13.2. The molecule has 1 fully saturated rings. The molecule has 1 aliphatic rings. The summed E-state index contributed by atoms with van der Waals surface area (Å²) in [6.45, 7) is 6.72. The van der Waals surface area contributed by atoms with E-state index in [2.05, 4.69) is 10.6 Å². The molecule has 3 rings (SSSR count). The third kappa shape index (κ3) is 5.37. The Labute approximate surface area is 190 Å². The Balaban J connectivity index is 1.83. The van der Waals surface area contributed by atoms with E-state index in [1.54, 1.807) is 43.3 Å². The monoisotopic (exact) mass is 457 g/mol. The Kier molecular flexibility index (Phi) is 7.69. The molecule has 1 atom stereocenters. The second-order valence-electron chi connectivity index (χ2n) is 8.23. The van der Waals surface area contributed by atoms with E-state index in [4.69, 9.17) is 0 Å². The number of aryl methyl sites for hydroxylation is 1. The second kappa shape index (κ2) is 10.3. The first kappa shape index (κ1) is 23.9. The number of rotatable bonds is 7. The number of piperidine rings is 1. The Hall–Kier alpha value is -2.71. The number of nitrogens with zero attached hydrogens (tertiary/aromatic N) is 1. The number of carbonyl (C=O) groups is 2. The van der Waals surface area contributed by atoms with Crippen LogP contribution in [0, 0.1) is 6.92 Å². The number of carbonyl (C=O) groups excluding carboxylic acids is 2. The van der Waals surface area contributed by atoms with Crippen molar-refractivity contribution in [3.63, 3.8) is 0 Å². The van der Waals surface area contributed by atoms with Gasteiger partial charge in [-0.3, -0.25) is 9.59 Å². The molecule has 0 aromatic heterocycles. The maximum Gasteiger partial charge on any atom is 0.255 e. The van der Waals surface area contributed by atoms with Gasteiger partial charge >= 0.3 is 0 Å². The fraction of sp³-hybridized carbons (Fsp3) is 0.417. The van der Waals surface area contributed by atoms with Crippen molar-refractivity contribution in [2.24, 2.45) is 0 Å². The Morgan fingerprint density at radius 2 is 1.88 bits per heavy atom. The van der Waals surface area contributed by atoms with Crippen LogP contribution in [-0.4, -0.2) is 43.7 Å². The van der Waals surface area contributed by atoms with Crippen molar-refractivity contribution in [2.75, 3.05) is 18.4 Å². The van der Waals surface area contributed by atoms with Gasteiger partial charge in [-0.05, 0) is 69.0 Å². The number of sulfonamides is 1. The predicted molar refractivity (Wildman–Crippen MR) is 125 cm³/mol. The summed E-state index contributed by atoms with van der Waals surface area (Å²) >= 11 is 0. The molecule has 172 valence electrons. The fourth-order valence-electron chi connectivity index (χ4n) is 3.85. The molecular weight excluding hydrogens is 426 g/mol. The van der Waals surface area contributed by atoms with Gasteiger partial charge in [-0.15, -0.1) is 0 Å². The molecule has 7 nitrogen and oxygen atoms in total. The number of benzene rings is 2. The molecule has 32 heavy (non-hydrogen) atoms. The number of hydrogen-bond acceptors (Lipinski definition) is 4. The van der Waals surface area contributed by atoms with E-state index in [1.807, 2.05) is 13.8 Å². The largest absolute Gasteiger partial charge is 0.352 e. The summed E-state index contributed by atoms with van der Waals surface area (Å²) in [6, 6.07) is 11.3. The number of amides is 2. The Morgan fingerprint density at radius 3 is 2.59 bits per heavy atom. The van der Waals surface area contributed by atoms with Gasteiger partial charge in [0.2, 0.25) is 10.0 Å². The van der Waals surface area contributed by atoms with Gasteiger partial charge in [0.15, 0.2) is 0 Å². The van der Waals surface area contributed by atoms with Gasteiger partial charge in [0.1, 0.15) is 0 Å². The lowest BCUT2D eigenvalue weighted by Gasteiger charge is -2.32. The van der Waals surface area contributed by atoms with E-state index < -0.39 is 15.9 Å². The van der Waals surface area contributed by atoms with Gasteiger partial charge in [0.25, 0.3) is 11.8 Å². The molecule has 0 spiro atoms. The standard InChI is InChI=1S/C24H31N3O4S/c1-4-13-25-23(28)19-9-7-10-20(15-19)26-24(29)22-16-21(12-11-17(22)2)32(30,31)27-14-6-5-8-18(27)3/h7,9-12,15-16,18H,4-6,8,13-14H2,1-3H3,(H,25,28)(H,26,29). The number of anilines is 1. The van der Waals surface area contributed by atoms with Crippen molar-refractivity contribution < 1.29 is 18.0 Å². The van der Waals surface area contributed by atoms with Crippen LogP contribution in [0.2, 0.25) is 0 Å². The van der Waals surface area contributed by atoms with Gasteiger partial charge in [0, 0.05) is 35.9 Å². The lowest BCUT2D eigenvalue weighted by Crippen LogP contribution is -2.42. The zero-order chi connectivity index (χ0) is 23.3. The van der Waals surface area contributed by atoms with Gasteiger partial charge in [0.05, 0.1) is 4.90 Å². The molecule has 2 aromatic carbocycles. The summed E-state index contributed by atoms with van der Waals surface area (Å²) in [5, 5.41) is 5.60. The van der Waals surface area contributed by atoms with Crippen LogP contribution in [0.5, 0.6) is 0 Å². The third-order valence-electron chi connectivity index (χ3n) is 5.72. The molecule has 0 saturated carbocycles. The molecule has 1 heterocycles. The normalized spacial score (nSPS) is 17.0. The van der Waals surface area contributed by atoms with E-state index in [-0.39, 0.29) is 22.4 Å². The highest BCUT2D eigenvalue weighted by Gasteiger charge is 2.31. The maximum absolute atomic E-state index is 13.2. The van der Waals surface area contributed by atoms with Crippen molar-refractivity contribution in [3.8, 4) is 0 Å². The van der Waals surface area contributed by atoms with E-state index in [0.717, 1.165) is 25.7 Å². The molecule has 0 radical (unpaired) electrons. The summed E-state index contributed by atoms with van der Waals surface area (Å²) in [4.78, 5) is 25.3. The first-order chi connectivity index (χ1) is 15.2. The van der Waals surface area contributed by atoms with Gasteiger partial charge in [-0.2, -0.15) is 4.31 Å². The first-order valence-corrected chi connectivity index (χ1v) is 12.5. The number of hydrogen-bond donors (Lipinski definition) is 2. The summed E-state index contributed by atoms with van der Waals surface area (Å²) < 4.78 is 27.9. The highest BCUT2D eigenvalue weighted by molar-refractivity contribution is 7.89. The molecule has 8 heteroatoms. The van der Waals surface area contributed by atoms with Crippen LogP contribution in [0.15, 0.2) is 47.4 Å². The van der Waals surface area contributed by atoms with Crippen LogP contribution in [0.25, 0.3) is 0 Å². The van der Waals surface area contributed by atoms with Crippen molar-refractivity contribution in [3.05, 3.63) is 59.2 Å². The fourth-order valence-corrected chi connectivity index (χ4v) is 5.57. The minimum absolute atomic E-state index is 0.0612. The van der Waals surface area contributed by atoms with Crippen molar-refractivity contribution in [1.82, 2.24) is 9.62 Å². The summed E-state index contributed by atoms with van der Waals surface area (Å²) in [5.74, 6) is -0.625. The smallest absolute Gasteiger partial charge is 0.255 e. The van der Waals surface area contributed by atoms with Crippen LogP contribution in [0.1, 0.15) is 65.8 Å². The van der Waals surface area contributed by atoms with Crippen LogP contribution < -0.4 is 10.6 Å². The van der Waals surface area contributed by atoms with E-state index in [0.29, 0.717) is 29.9 Å². The molecule has 0 aliphatic carbocycles. The Bertz CT molecular complexity index is 1100. The molecule has 2 N–H and O–H groups in total. The highest BCUT2D eigenvalue weighted by atomic mass is 32.2. The first-order valence-electron chi connectivity index (χ1n) is 11.1. The summed E-state index contributed by atoms with van der Waals surface area (Å²) in [7, 11) is -3.68. The molecule has 1 saturated heterocycles. The SMILES string of the molecule is CCCNC(=O)c1cccc(NC(=O)c2cc(S(=O)(=O)N3CCCCC3C)ccc2C)c1. The summed E-state index contributed by atoms with van der Waals surface area (Å²) in [6.07, 6.45) is 3.52. The van der Waals surface area contributed by atoms with Gasteiger partial charge < -0.3 is 10.6 Å². The van der Waals surface area contributed by atoms with Crippen LogP contribution >= 0.6 is 0 Å². The van der Waals surface area contributed by atoms with E-state index in [1.165, 1.54) is 10.4 Å². The van der Waals surface area contributed by atoms with Gasteiger partial charge in [-0.25, -0.2) is 8.42 Å². The molecule has 1 unspecified atom stereocenters. The van der Waals surface area contributed by atoms with E-state index in [9.17, 15) is 18.0 Å². The summed E-state index contributed by atoms with van der Waals surface area (Å²) in [5.41, 5.74) is 1.88. The topological polar surface area (TPSA) is 95.6 Å². The zero-order valence-electron chi connectivity index (χ0n) is 18.8. The van der Waals surface area contributed by atoms with Crippen LogP contribution in [0.3, 0.4) is 0 Å². The van der Waals surface area contributed by atoms with Crippen molar-refractivity contribution >= 4 is 27.5 Å². The molecule has 0 bridgehead atoms.